The normalized spacial score (nSPS) is 19.2. The molecular weight excluding hydrogens is 387 g/mol. The topological polar surface area (TPSA) is 49.4 Å². The van der Waals surface area contributed by atoms with Gasteiger partial charge in [0.15, 0.2) is 0 Å². The molecule has 1 aliphatic rings. The van der Waals surface area contributed by atoms with Gasteiger partial charge >= 0.3 is 0 Å². The number of rotatable bonds is 4. The summed E-state index contributed by atoms with van der Waals surface area (Å²) in [6.45, 7) is 1.99. The maximum Gasteiger partial charge on any atom is 0.230 e. The van der Waals surface area contributed by atoms with Crippen molar-refractivity contribution in [1.29, 1.82) is 0 Å². The summed E-state index contributed by atoms with van der Waals surface area (Å²) < 4.78 is 14.1. The molecule has 0 spiro atoms. The zero-order chi connectivity index (χ0) is 20.4. The van der Waals surface area contributed by atoms with Gasteiger partial charge in [0, 0.05) is 17.0 Å². The Morgan fingerprint density at radius 1 is 1.10 bits per heavy atom. The molecule has 2 aromatic carbocycles. The number of para-hydroxylation sites is 1. The van der Waals surface area contributed by atoms with Crippen LogP contribution in [0.3, 0.4) is 0 Å². The van der Waals surface area contributed by atoms with Crippen LogP contribution in [0.15, 0.2) is 66.0 Å². The maximum atomic E-state index is 14.1. The van der Waals surface area contributed by atoms with Gasteiger partial charge in [-0.05, 0) is 49.1 Å². The van der Waals surface area contributed by atoms with Gasteiger partial charge in [-0.3, -0.25) is 9.59 Å². The molecule has 29 heavy (non-hydrogen) atoms. The number of nitrogens with zero attached hydrogens (tertiary/aromatic N) is 1. The van der Waals surface area contributed by atoms with Crippen molar-refractivity contribution in [1.82, 2.24) is 0 Å². The van der Waals surface area contributed by atoms with E-state index in [0.29, 0.717) is 6.42 Å². The number of carbonyl (C=O) groups is 2. The van der Waals surface area contributed by atoms with E-state index in [1.165, 1.54) is 17.4 Å². The SMILES string of the molecule is Cc1ccc(N2C(=O)CCC(C(=O)Nc3ccccc3F)C2c2cccs2)cc1. The van der Waals surface area contributed by atoms with Crippen LogP contribution >= 0.6 is 11.3 Å². The number of nitrogens with one attached hydrogen (secondary N) is 1. The number of piperidine rings is 1. The van der Waals surface area contributed by atoms with Crippen LogP contribution in [0.4, 0.5) is 15.8 Å². The molecule has 1 fully saturated rings. The second-order valence-corrected chi connectivity index (χ2v) is 8.15. The van der Waals surface area contributed by atoms with E-state index in [9.17, 15) is 14.0 Å². The molecule has 0 saturated carbocycles. The van der Waals surface area contributed by atoms with Crippen LogP contribution in [0.25, 0.3) is 0 Å². The number of amides is 2. The Hall–Kier alpha value is -2.99. The highest BCUT2D eigenvalue weighted by Crippen LogP contribution is 2.42. The van der Waals surface area contributed by atoms with Crippen LogP contribution in [0.5, 0.6) is 0 Å². The molecule has 3 aromatic rings. The predicted molar refractivity (Wildman–Crippen MR) is 113 cm³/mol. The molecule has 1 aromatic heterocycles. The first-order valence-corrected chi connectivity index (χ1v) is 10.4. The second-order valence-electron chi connectivity index (χ2n) is 7.17. The Morgan fingerprint density at radius 2 is 1.86 bits per heavy atom. The van der Waals surface area contributed by atoms with Crippen LogP contribution in [0, 0.1) is 18.7 Å². The van der Waals surface area contributed by atoms with Crippen molar-refractivity contribution in [3.8, 4) is 0 Å². The first-order chi connectivity index (χ1) is 14.0. The molecule has 1 N–H and O–H groups in total. The Morgan fingerprint density at radius 3 is 2.55 bits per heavy atom. The number of thiophene rings is 1. The highest BCUT2D eigenvalue weighted by Gasteiger charge is 2.42. The number of anilines is 2. The second kappa shape index (κ2) is 8.17. The number of halogens is 1. The molecule has 0 bridgehead atoms. The highest BCUT2D eigenvalue weighted by molar-refractivity contribution is 7.10. The lowest BCUT2D eigenvalue weighted by atomic mass is 9.86. The van der Waals surface area contributed by atoms with Gasteiger partial charge in [-0.25, -0.2) is 4.39 Å². The van der Waals surface area contributed by atoms with Gasteiger partial charge in [0.1, 0.15) is 5.82 Å². The molecule has 2 amide bonds. The number of benzene rings is 2. The average Bonchev–Trinajstić information content (AvgIpc) is 3.25. The minimum Gasteiger partial charge on any atom is -0.323 e. The predicted octanol–water partition coefficient (Wildman–Crippen LogP) is 5.32. The molecular formula is C23H21FN2O2S. The monoisotopic (exact) mass is 408 g/mol. The third-order valence-corrected chi connectivity index (χ3v) is 6.16. The summed E-state index contributed by atoms with van der Waals surface area (Å²) in [7, 11) is 0. The van der Waals surface area contributed by atoms with Gasteiger partial charge < -0.3 is 10.2 Å². The van der Waals surface area contributed by atoms with E-state index in [2.05, 4.69) is 5.32 Å². The van der Waals surface area contributed by atoms with Crippen molar-refractivity contribution in [3.63, 3.8) is 0 Å². The van der Waals surface area contributed by atoms with Crippen molar-refractivity contribution < 1.29 is 14.0 Å². The standard InChI is InChI=1S/C23H21FN2O2S/c1-15-8-10-16(11-9-15)26-21(27)13-12-17(22(26)20-7-4-14-29-20)23(28)25-19-6-3-2-5-18(19)24/h2-11,14,17,22H,12-13H2,1H3,(H,25,28). The third kappa shape index (κ3) is 3.93. The smallest absolute Gasteiger partial charge is 0.230 e. The first kappa shape index (κ1) is 19.3. The van der Waals surface area contributed by atoms with E-state index in [4.69, 9.17) is 0 Å². The molecule has 2 heterocycles. The van der Waals surface area contributed by atoms with Gasteiger partial charge in [-0.15, -0.1) is 11.3 Å². The fourth-order valence-electron chi connectivity index (χ4n) is 3.75. The van der Waals surface area contributed by atoms with Crippen LogP contribution in [0.2, 0.25) is 0 Å². The molecule has 4 rings (SSSR count). The summed E-state index contributed by atoms with van der Waals surface area (Å²) in [4.78, 5) is 28.7. The Kier molecular flexibility index (Phi) is 5.45. The minimum absolute atomic E-state index is 0.0119. The number of aryl methyl sites for hydroxylation is 1. The van der Waals surface area contributed by atoms with Gasteiger partial charge in [-0.2, -0.15) is 0 Å². The lowest BCUT2D eigenvalue weighted by Crippen LogP contribution is -2.46. The van der Waals surface area contributed by atoms with Gasteiger partial charge in [0.2, 0.25) is 11.8 Å². The number of hydrogen-bond donors (Lipinski definition) is 1. The molecule has 0 radical (unpaired) electrons. The first-order valence-electron chi connectivity index (χ1n) is 9.52. The molecule has 4 nitrogen and oxygen atoms in total. The van der Waals surface area contributed by atoms with Crippen molar-refractivity contribution in [2.75, 3.05) is 10.2 Å². The molecule has 1 saturated heterocycles. The molecule has 1 aliphatic heterocycles. The minimum atomic E-state index is -0.479. The van der Waals surface area contributed by atoms with Crippen LogP contribution < -0.4 is 10.2 Å². The van der Waals surface area contributed by atoms with Gasteiger partial charge in [0.05, 0.1) is 17.6 Å². The Bertz CT molecular complexity index is 1020. The Labute approximate surface area is 173 Å². The summed E-state index contributed by atoms with van der Waals surface area (Å²) >= 11 is 1.52. The summed E-state index contributed by atoms with van der Waals surface area (Å²) in [6, 6.07) is 17.3. The van der Waals surface area contributed by atoms with E-state index in [1.807, 2.05) is 48.7 Å². The van der Waals surface area contributed by atoms with Crippen LogP contribution in [-0.4, -0.2) is 11.8 Å². The molecule has 2 atom stereocenters. The summed E-state index contributed by atoms with van der Waals surface area (Å²) in [5, 5.41) is 4.66. The fourth-order valence-corrected chi connectivity index (χ4v) is 4.63. The van der Waals surface area contributed by atoms with E-state index >= 15 is 0 Å². The van der Waals surface area contributed by atoms with Crippen LogP contribution in [0.1, 0.15) is 29.3 Å². The number of carbonyl (C=O) groups excluding carboxylic acids is 2. The lowest BCUT2D eigenvalue weighted by molar-refractivity contribution is -0.125. The van der Waals surface area contributed by atoms with E-state index in [1.54, 1.807) is 23.1 Å². The molecule has 2 unspecified atom stereocenters. The molecule has 148 valence electrons. The quantitative estimate of drug-likeness (QED) is 0.635. The summed E-state index contributed by atoms with van der Waals surface area (Å²) in [6.07, 6.45) is 0.690. The van der Waals surface area contributed by atoms with Gasteiger partial charge in [-0.1, -0.05) is 35.9 Å². The number of hydrogen-bond acceptors (Lipinski definition) is 3. The zero-order valence-electron chi connectivity index (χ0n) is 16.0. The van der Waals surface area contributed by atoms with E-state index in [0.717, 1.165) is 16.1 Å². The summed E-state index contributed by atoms with van der Waals surface area (Å²) in [5.41, 5.74) is 2.02. The van der Waals surface area contributed by atoms with E-state index in [-0.39, 0.29) is 23.9 Å². The zero-order valence-corrected chi connectivity index (χ0v) is 16.8. The summed E-state index contributed by atoms with van der Waals surface area (Å²) in [5.74, 6) is -1.25. The highest BCUT2D eigenvalue weighted by atomic mass is 32.1. The molecule has 6 heteroatoms. The van der Waals surface area contributed by atoms with Crippen molar-refractivity contribution in [3.05, 3.63) is 82.3 Å². The van der Waals surface area contributed by atoms with Gasteiger partial charge in [0.25, 0.3) is 0 Å². The lowest BCUT2D eigenvalue weighted by Gasteiger charge is -2.40. The van der Waals surface area contributed by atoms with Crippen LogP contribution in [-0.2, 0) is 9.59 Å². The largest absolute Gasteiger partial charge is 0.323 e. The third-order valence-electron chi connectivity index (χ3n) is 5.21. The van der Waals surface area contributed by atoms with E-state index < -0.39 is 17.8 Å². The van der Waals surface area contributed by atoms with Crippen molar-refractivity contribution in [2.24, 2.45) is 5.92 Å². The molecule has 0 aliphatic carbocycles. The van der Waals surface area contributed by atoms with Crippen molar-refractivity contribution >= 4 is 34.5 Å². The Balaban J connectivity index is 1.71. The average molecular weight is 408 g/mol. The fraction of sp³-hybridized carbons (Fsp3) is 0.217. The van der Waals surface area contributed by atoms with Crippen molar-refractivity contribution in [2.45, 2.75) is 25.8 Å². The maximum absolute atomic E-state index is 14.1.